The number of aliphatic hydroxyl groups excluding tert-OH is 1. The van der Waals surface area contributed by atoms with Gasteiger partial charge in [0.05, 0.1) is 0 Å². The van der Waals surface area contributed by atoms with Gasteiger partial charge in [-0.2, -0.15) is 0 Å². The fraction of sp³-hybridized carbons (Fsp3) is 0.500. The van der Waals surface area contributed by atoms with Crippen molar-refractivity contribution in [3.63, 3.8) is 0 Å². The summed E-state index contributed by atoms with van der Waals surface area (Å²) in [6.45, 7) is 1.73. The Kier molecular flexibility index (Phi) is 3.71. The van der Waals surface area contributed by atoms with Crippen LogP contribution < -0.4 is 0 Å². The maximum atomic E-state index is 9.85. The monoisotopic (exact) mass is 130 g/mol. The molecule has 0 radical (unpaired) electrons. The summed E-state index contributed by atoms with van der Waals surface area (Å²) in [7, 11) is 0. The Morgan fingerprint density at radius 1 is 1.78 bits per heavy atom. The van der Waals surface area contributed by atoms with Crippen molar-refractivity contribution in [1.29, 1.82) is 0 Å². The molecule has 0 aromatic heterocycles. The van der Waals surface area contributed by atoms with E-state index in [9.17, 15) is 4.79 Å². The van der Waals surface area contributed by atoms with E-state index in [1.54, 1.807) is 6.92 Å². The highest BCUT2D eigenvalue weighted by Crippen LogP contribution is 1.93. The lowest BCUT2D eigenvalue weighted by Crippen LogP contribution is -1.97. The summed E-state index contributed by atoms with van der Waals surface area (Å²) < 4.78 is 0. The fourth-order valence-corrected chi connectivity index (χ4v) is 0.307. The Labute approximate surface area is 53.6 Å². The fourth-order valence-electron chi connectivity index (χ4n) is 0.307. The number of aliphatic carboxylic acids is 1. The van der Waals surface area contributed by atoms with Crippen molar-refractivity contribution in [1.82, 2.24) is 0 Å². The summed E-state index contributed by atoms with van der Waals surface area (Å²) in [6.07, 6.45) is 2.48. The maximum Gasteiger partial charge on any atom is 0.327 e. The van der Waals surface area contributed by atoms with Crippen LogP contribution in [0, 0.1) is 5.92 Å². The molecule has 1 atom stereocenters. The van der Waals surface area contributed by atoms with E-state index < -0.39 is 5.97 Å². The Bertz CT molecular complexity index is 117. The van der Waals surface area contributed by atoms with Crippen molar-refractivity contribution >= 4 is 5.97 Å². The van der Waals surface area contributed by atoms with Gasteiger partial charge < -0.3 is 10.2 Å². The van der Waals surface area contributed by atoms with Crippen molar-refractivity contribution in [3.8, 4) is 0 Å². The minimum Gasteiger partial charge on any atom is -0.478 e. The smallest absolute Gasteiger partial charge is 0.327 e. The molecule has 0 aromatic rings. The molecule has 0 fully saturated rings. The van der Waals surface area contributed by atoms with Crippen LogP contribution in [0.15, 0.2) is 12.2 Å². The molecule has 0 heterocycles. The predicted molar refractivity (Wildman–Crippen MR) is 33.0 cm³/mol. The lowest BCUT2D eigenvalue weighted by Gasteiger charge is -1.95. The van der Waals surface area contributed by atoms with Gasteiger partial charge in [-0.25, -0.2) is 4.79 Å². The van der Waals surface area contributed by atoms with Crippen molar-refractivity contribution in [2.45, 2.75) is 6.92 Å². The van der Waals surface area contributed by atoms with Gasteiger partial charge in [0.15, 0.2) is 0 Å². The summed E-state index contributed by atoms with van der Waals surface area (Å²) in [5.41, 5.74) is 0. The van der Waals surface area contributed by atoms with Crippen LogP contribution in [0.5, 0.6) is 0 Å². The van der Waals surface area contributed by atoms with E-state index >= 15 is 0 Å². The average molecular weight is 130 g/mol. The number of rotatable bonds is 3. The summed E-state index contributed by atoms with van der Waals surface area (Å²) >= 11 is 0. The van der Waals surface area contributed by atoms with Crippen molar-refractivity contribution in [2.24, 2.45) is 5.92 Å². The molecule has 3 nitrogen and oxygen atoms in total. The van der Waals surface area contributed by atoms with E-state index in [0.29, 0.717) is 0 Å². The molecule has 52 valence electrons. The van der Waals surface area contributed by atoms with Gasteiger partial charge in [-0.15, -0.1) is 0 Å². The number of carboxylic acids is 1. The zero-order chi connectivity index (χ0) is 7.28. The molecule has 2 N–H and O–H groups in total. The maximum absolute atomic E-state index is 9.85. The van der Waals surface area contributed by atoms with Gasteiger partial charge in [0.1, 0.15) is 0 Å². The second-order valence-electron chi connectivity index (χ2n) is 1.86. The topological polar surface area (TPSA) is 57.5 Å². The average Bonchev–Trinajstić information content (AvgIpc) is 1.83. The number of carboxylic acid groups (broad SMARTS) is 1. The molecule has 0 aliphatic heterocycles. The van der Waals surface area contributed by atoms with Crippen LogP contribution in [0.1, 0.15) is 6.92 Å². The second kappa shape index (κ2) is 4.09. The first-order valence-electron chi connectivity index (χ1n) is 2.68. The first-order valence-corrected chi connectivity index (χ1v) is 2.68. The SMILES string of the molecule is CC(C=CC(=O)O)CO. The molecule has 0 amide bonds. The molecular formula is C6H10O3. The van der Waals surface area contributed by atoms with Crippen LogP contribution in [-0.4, -0.2) is 22.8 Å². The molecular weight excluding hydrogens is 120 g/mol. The number of hydrogen-bond donors (Lipinski definition) is 2. The van der Waals surface area contributed by atoms with E-state index in [1.165, 1.54) is 6.08 Å². The molecule has 0 aliphatic rings. The van der Waals surface area contributed by atoms with Gasteiger partial charge in [0.25, 0.3) is 0 Å². The molecule has 0 bridgehead atoms. The Hall–Kier alpha value is -0.830. The van der Waals surface area contributed by atoms with Crippen LogP contribution in [0.2, 0.25) is 0 Å². The minimum atomic E-state index is -0.977. The molecule has 0 saturated heterocycles. The normalized spacial score (nSPS) is 14.0. The lowest BCUT2D eigenvalue weighted by atomic mass is 10.2. The van der Waals surface area contributed by atoms with Crippen LogP contribution >= 0.6 is 0 Å². The molecule has 1 unspecified atom stereocenters. The van der Waals surface area contributed by atoms with E-state index in [2.05, 4.69) is 0 Å². The highest BCUT2D eigenvalue weighted by Gasteiger charge is 1.92. The van der Waals surface area contributed by atoms with E-state index in [4.69, 9.17) is 10.2 Å². The van der Waals surface area contributed by atoms with E-state index in [0.717, 1.165) is 6.08 Å². The van der Waals surface area contributed by atoms with Gasteiger partial charge in [-0.1, -0.05) is 13.0 Å². The van der Waals surface area contributed by atoms with Gasteiger partial charge in [0, 0.05) is 12.7 Å². The number of carbonyl (C=O) groups is 1. The highest BCUT2D eigenvalue weighted by molar-refractivity contribution is 5.79. The van der Waals surface area contributed by atoms with E-state index in [-0.39, 0.29) is 12.5 Å². The molecule has 3 heteroatoms. The predicted octanol–water partition coefficient (Wildman–Crippen LogP) is 0.256. The van der Waals surface area contributed by atoms with Crippen molar-refractivity contribution < 1.29 is 15.0 Å². The summed E-state index contributed by atoms with van der Waals surface area (Å²) in [4.78, 5) is 9.85. The van der Waals surface area contributed by atoms with Gasteiger partial charge >= 0.3 is 5.97 Å². The number of aliphatic hydroxyl groups is 1. The minimum absolute atomic E-state index is 0.0101. The Morgan fingerprint density at radius 3 is 2.67 bits per heavy atom. The molecule has 9 heavy (non-hydrogen) atoms. The zero-order valence-corrected chi connectivity index (χ0v) is 5.24. The van der Waals surface area contributed by atoms with Crippen LogP contribution in [0.25, 0.3) is 0 Å². The standard InChI is InChI=1S/C6H10O3/c1-5(4-7)2-3-6(8)9/h2-3,5,7H,4H2,1H3,(H,8,9). The first-order chi connectivity index (χ1) is 4.16. The number of hydrogen-bond acceptors (Lipinski definition) is 2. The third-order valence-electron chi connectivity index (χ3n) is 0.855. The van der Waals surface area contributed by atoms with Crippen LogP contribution in [0.3, 0.4) is 0 Å². The summed E-state index contributed by atoms with van der Waals surface area (Å²) in [6, 6.07) is 0. The molecule has 0 spiro atoms. The zero-order valence-electron chi connectivity index (χ0n) is 5.24. The summed E-state index contributed by atoms with van der Waals surface area (Å²) in [5, 5.41) is 16.5. The van der Waals surface area contributed by atoms with Crippen LogP contribution in [0.4, 0.5) is 0 Å². The third-order valence-corrected chi connectivity index (χ3v) is 0.855. The Balaban J connectivity index is 3.56. The van der Waals surface area contributed by atoms with Crippen molar-refractivity contribution in [2.75, 3.05) is 6.61 Å². The quantitative estimate of drug-likeness (QED) is 0.538. The molecule has 0 aromatic carbocycles. The Morgan fingerprint density at radius 2 is 2.33 bits per heavy atom. The molecule has 0 saturated carbocycles. The second-order valence-corrected chi connectivity index (χ2v) is 1.86. The summed E-state index contributed by atoms with van der Waals surface area (Å²) in [5.74, 6) is -1.04. The lowest BCUT2D eigenvalue weighted by molar-refractivity contribution is -0.131. The first kappa shape index (κ1) is 8.17. The highest BCUT2D eigenvalue weighted by atomic mass is 16.4. The molecule has 0 rings (SSSR count). The van der Waals surface area contributed by atoms with Gasteiger partial charge in [-0.3, -0.25) is 0 Å². The van der Waals surface area contributed by atoms with Gasteiger partial charge in [-0.05, 0) is 5.92 Å². The van der Waals surface area contributed by atoms with E-state index in [1.807, 2.05) is 0 Å². The largest absolute Gasteiger partial charge is 0.478 e. The van der Waals surface area contributed by atoms with Crippen LogP contribution in [-0.2, 0) is 4.79 Å². The van der Waals surface area contributed by atoms with Gasteiger partial charge in [0.2, 0.25) is 0 Å². The molecule has 0 aliphatic carbocycles. The third kappa shape index (κ3) is 5.03. The van der Waals surface area contributed by atoms with Crippen molar-refractivity contribution in [3.05, 3.63) is 12.2 Å².